The molecule has 0 bridgehead atoms. The number of hydrogen-bond donors (Lipinski definition) is 1. The molecule has 0 saturated carbocycles. The highest BCUT2D eigenvalue weighted by Crippen LogP contribution is 2.38. The van der Waals surface area contributed by atoms with Gasteiger partial charge in [-0.25, -0.2) is 4.39 Å². The van der Waals surface area contributed by atoms with Crippen LogP contribution in [0, 0.1) is 5.82 Å². The van der Waals surface area contributed by atoms with Crippen molar-refractivity contribution in [1.82, 2.24) is 14.7 Å². The summed E-state index contributed by atoms with van der Waals surface area (Å²) in [5.74, 6) is -0.420. The van der Waals surface area contributed by atoms with Crippen LogP contribution >= 0.6 is 16.1 Å². The third-order valence-corrected chi connectivity index (χ3v) is 3.92. The summed E-state index contributed by atoms with van der Waals surface area (Å²) in [5.41, 5.74) is 2.42. The Hall–Kier alpha value is -1.68. The molecule has 0 radical (unpaired) electrons. The largest absolute Gasteiger partial charge is 0.418 e. The highest BCUT2D eigenvalue weighted by Gasteiger charge is 2.38. The van der Waals surface area contributed by atoms with E-state index in [-0.39, 0.29) is 18.9 Å². The molecule has 2 aromatic carbocycles. The summed E-state index contributed by atoms with van der Waals surface area (Å²) >= 11 is 3.19. The summed E-state index contributed by atoms with van der Waals surface area (Å²) in [4.78, 5) is 0. The van der Waals surface area contributed by atoms with Crippen LogP contribution < -0.4 is 10.5 Å². The summed E-state index contributed by atoms with van der Waals surface area (Å²) in [5, 5.41) is 2.81. The lowest BCUT2D eigenvalue weighted by Crippen LogP contribution is -2.43. The highest BCUT2D eigenvalue weighted by molar-refractivity contribution is 9.07. The standard InChI is InChI=1S/C15H13BrF4N4/c16-23-10-22(14-8-4-2-6-12(14)15(18,19)20)24(21-23)9-11-5-1-3-7-13(11)17/h1-8,21H,9-10H2. The zero-order valence-electron chi connectivity index (χ0n) is 12.3. The number of hydrazine groups is 3. The normalized spacial score (nSPS) is 16.8. The Labute approximate surface area is 144 Å². The van der Waals surface area contributed by atoms with Gasteiger partial charge < -0.3 is 0 Å². The molecule has 0 aromatic heterocycles. The molecule has 24 heavy (non-hydrogen) atoms. The van der Waals surface area contributed by atoms with Crippen LogP contribution in [0.4, 0.5) is 23.2 Å². The Morgan fingerprint density at radius 2 is 1.71 bits per heavy atom. The second-order valence-corrected chi connectivity index (χ2v) is 6.02. The quantitative estimate of drug-likeness (QED) is 0.614. The van der Waals surface area contributed by atoms with Crippen molar-refractivity contribution < 1.29 is 17.6 Å². The van der Waals surface area contributed by atoms with Crippen molar-refractivity contribution in [2.75, 3.05) is 11.7 Å². The Bertz CT molecular complexity index is 725. The molecular weight excluding hydrogens is 392 g/mol. The molecule has 1 aliphatic heterocycles. The maximum Gasteiger partial charge on any atom is 0.418 e. The number of halogens is 5. The average Bonchev–Trinajstić information content (AvgIpc) is 2.89. The molecule has 0 aliphatic carbocycles. The predicted molar refractivity (Wildman–Crippen MR) is 84.6 cm³/mol. The van der Waals surface area contributed by atoms with Gasteiger partial charge in [0.15, 0.2) is 0 Å². The van der Waals surface area contributed by atoms with Crippen molar-refractivity contribution in [3.63, 3.8) is 0 Å². The Balaban J connectivity index is 1.93. The van der Waals surface area contributed by atoms with Gasteiger partial charge in [0.05, 0.1) is 17.8 Å². The van der Waals surface area contributed by atoms with Crippen LogP contribution in [0.2, 0.25) is 0 Å². The molecular formula is C15H13BrF4N4. The van der Waals surface area contributed by atoms with Gasteiger partial charge in [0.2, 0.25) is 0 Å². The Kier molecular flexibility index (Phi) is 4.77. The second kappa shape index (κ2) is 6.67. The van der Waals surface area contributed by atoms with Crippen LogP contribution in [-0.2, 0) is 12.7 Å². The van der Waals surface area contributed by atoms with Gasteiger partial charge in [-0.2, -0.15) is 18.7 Å². The smallest absolute Gasteiger partial charge is 0.274 e. The van der Waals surface area contributed by atoms with Gasteiger partial charge in [-0.15, -0.1) is 9.15 Å². The van der Waals surface area contributed by atoms with E-state index in [1.807, 2.05) is 0 Å². The van der Waals surface area contributed by atoms with Crippen LogP contribution in [0.5, 0.6) is 0 Å². The van der Waals surface area contributed by atoms with E-state index in [2.05, 4.69) is 21.7 Å². The second-order valence-electron chi connectivity index (χ2n) is 5.17. The Morgan fingerprint density at radius 1 is 1.04 bits per heavy atom. The minimum absolute atomic E-state index is 0.0178. The number of benzene rings is 2. The van der Waals surface area contributed by atoms with Crippen LogP contribution in [0.3, 0.4) is 0 Å². The zero-order valence-corrected chi connectivity index (χ0v) is 13.9. The van der Waals surface area contributed by atoms with Crippen LogP contribution in [0.25, 0.3) is 0 Å². The molecule has 9 heteroatoms. The van der Waals surface area contributed by atoms with E-state index < -0.39 is 17.6 Å². The minimum atomic E-state index is -4.49. The highest BCUT2D eigenvalue weighted by atomic mass is 79.9. The van der Waals surface area contributed by atoms with E-state index in [9.17, 15) is 17.6 Å². The number of hydrogen-bond acceptors (Lipinski definition) is 4. The van der Waals surface area contributed by atoms with Crippen molar-refractivity contribution in [2.45, 2.75) is 12.7 Å². The molecule has 3 rings (SSSR count). The first-order chi connectivity index (χ1) is 11.4. The lowest BCUT2D eigenvalue weighted by atomic mass is 10.1. The van der Waals surface area contributed by atoms with Crippen molar-refractivity contribution in [3.05, 3.63) is 65.5 Å². The van der Waals surface area contributed by atoms with Crippen LogP contribution in [0.1, 0.15) is 11.1 Å². The van der Waals surface area contributed by atoms with Gasteiger partial charge in [0.1, 0.15) is 12.5 Å². The summed E-state index contributed by atoms with van der Waals surface area (Å²) in [6.45, 7) is 0.169. The maximum atomic E-state index is 13.9. The number of rotatable bonds is 3. The topological polar surface area (TPSA) is 21.8 Å². The summed E-state index contributed by atoms with van der Waals surface area (Å²) in [7, 11) is 0. The molecule has 0 spiro atoms. The molecule has 1 heterocycles. The molecule has 1 aliphatic rings. The van der Waals surface area contributed by atoms with Crippen molar-refractivity contribution in [3.8, 4) is 0 Å². The summed E-state index contributed by atoms with van der Waals surface area (Å²) in [6.07, 6.45) is -4.49. The summed E-state index contributed by atoms with van der Waals surface area (Å²) in [6, 6.07) is 11.4. The van der Waals surface area contributed by atoms with Gasteiger partial charge in [-0.05, 0) is 18.2 Å². The average molecular weight is 405 g/mol. The van der Waals surface area contributed by atoms with Crippen LogP contribution in [-0.4, -0.2) is 15.8 Å². The van der Waals surface area contributed by atoms with E-state index >= 15 is 0 Å². The molecule has 4 nitrogen and oxygen atoms in total. The molecule has 0 atom stereocenters. The Morgan fingerprint density at radius 3 is 2.42 bits per heavy atom. The maximum absolute atomic E-state index is 13.9. The van der Waals surface area contributed by atoms with Gasteiger partial charge in [0, 0.05) is 21.7 Å². The monoisotopic (exact) mass is 404 g/mol. The molecule has 128 valence electrons. The molecule has 1 fully saturated rings. The van der Waals surface area contributed by atoms with E-state index in [4.69, 9.17) is 0 Å². The first kappa shape index (κ1) is 17.2. The number of alkyl halides is 3. The van der Waals surface area contributed by atoms with Crippen molar-refractivity contribution >= 4 is 21.8 Å². The lowest BCUT2D eigenvalue weighted by Gasteiger charge is -2.29. The lowest BCUT2D eigenvalue weighted by molar-refractivity contribution is -0.137. The predicted octanol–water partition coefficient (Wildman–Crippen LogP) is 4.07. The van der Waals surface area contributed by atoms with Crippen molar-refractivity contribution in [2.24, 2.45) is 0 Å². The van der Waals surface area contributed by atoms with E-state index in [0.717, 1.165) is 6.07 Å². The third kappa shape index (κ3) is 3.54. The number of para-hydroxylation sites is 1. The fourth-order valence-electron chi connectivity index (χ4n) is 2.46. The third-order valence-electron chi connectivity index (χ3n) is 3.54. The van der Waals surface area contributed by atoms with Crippen molar-refractivity contribution in [1.29, 1.82) is 0 Å². The van der Waals surface area contributed by atoms with Gasteiger partial charge >= 0.3 is 6.18 Å². The van der Waals surface area contributed by atoms with Gasteiger partial charge in [-0.3, -0.25) is 5.01 Å². The molecule has 0 amide bonds. The summed E-state index contributed by atoms with van der Waals surface area (Å²) < 4.78 is 55.1. The van der Waals surface area contributed by atoms with Gasteiger partial charge in [0.25, 0.3) is 0 Å². The van der Waals surface area contributed by atoms with E-state index in [0.29, 0.717) is 5.56 Å². The fourth-order valence-corrected chi connectivity index (χ4v) is 2.85. The number of nitrogens with zero attached hydrogens (tertiary/aromatic N) is 3. The SMILES string of the molecule is Fc1ccccc1CN1NN(Br)CN1c1ccccc1C(F)(F)F. The van der Waals surface area contributed by atoms with Crippen LogP contribution in [0.15, 0.2) is 48.5 Å². The molecule has 1 N–H and O–H groups in total. The fraction of sp³-hybridized carbons (Fsp3) is 0.200. The number of anilines is 1. The first-order valence-electron chi connectivity index (χ1n) is 7.00. The van der Waals surface area contributed by atoms with E-state index in [1.165, 1.54) is 38.4 Å². The molecule has 1 saturated heterocycles. The zero-order chi connectivity index (χ0) is 17.3. The van der Waals surface area contributed by atoms with Gasteiger partial charge in [-0.1, -0.05) is 30.3 Å². The molecule has 0 unspecified atom stereocenters. The first-order valence-corrected chi connectivity index (χ1v) is 7.71. The number of nitrogens with one attached hydrogen (secondary N) is 1. The molecule has 2 aromatic rings. The minimum Gasteiger partial charge on any atom is -0.274 e. The van der Waals surface area contributed by atoms with E-state index in [1.54, 1.807) is 18.2 Å².